The third kappa shape index (κ3) is 4.23. The van der Waals surface area contributed by atoms with E-state index in [2.05, 4.69) is 5.32 Å². The molecule has 0 atom stereocenters. The van der Waals surface area contributed by atoms with Crippen LogP contribution < -0.4 is 10.1 Å². The molecule has 2 rings (SSSR count). The van der Waals surface area contributed by atoms with Crippen molar-refractivity contribution in [1.82, 2.24) is 0 Å². The van der Waals surface area contributed by atoms with Crippen molar-refractivity contribution >= 4 is 29.2 Å². The number of benzene rings is 2. The van der Waals surface area contributed by atoms with Gasteiger partial charge >= 0.3 is 5.97 Å². The van der Waals surface area contributed by atoms with Gasteiger partial charge in [0.1, 0.15) is 5.75 Å². The number of carboxylic acids is 1. The van der Waals surface area contributed by atoms with Crippen LogP contribution in [0.3, 0.4) is 0 Å². The molecule has 0 radical (unpaired) electrons. The van der Waals surface area contributed by atoms with Crippen molar-refractivity contribution in [2.24, 2.45) is 0 Å². The zero-order chi connectivity index (χ0) is 16.1. The summed E-state index contributed by atoms with van der Waals surface area (Å²) in [7, 11) is 0. The van der Waals surface area contributed by atoms with Crippen LogP contribution in [0.5, 0.6) is 5.75 Å². The first-order valence-corrected chi connectivity index (χ1v) is 6.85. The number of aryl methyl sites for hydroxylation is 1. The number of hydrogen-bond donors (Lipinski definition) is 2. The van der Waals surface area contributed by atoms with Crippen LogP contribution in [0.2, 0.25) is 5.02 Å². The van der Waals surface area contributed by atoms with Gasteiger partial charge in [-0.25, -0.2) is 4.79 Å². The molecule has 0 fully saturated rings. The summed E-state index contributed by atoms with van der Waals surface area (Å²) in [6.07, 6.45) is 0. The molecule has 2 aromatic carbocycles. The molecule has 0 saturated carbocycles. The van der Waals surface area contributed by atoms with Crippen LogP contribution in [0.15, 0.2) is 42.5 Å². The molecule has 1 amide bonds. The Hall–Kier alpha value is -2.53. The largest absolute Gasteiger partial charge is 0.481 e. The van der Waals surface area contributed by atoms with Crippen molar-refractivity contribution in [3.8, 4) is 5.75 Å². The average molecular weight is 320 g/mol. The molecule has 5 nitrogen and oxygen atoms in total. The molecule has 0 spiro atoms. The fourth-order valence-corrected chi connectivity index (χ4v) is 1.94. The molecule has 114 valence electrons. The molecule has 0 unspecified atom stereocenters. The number of hydrogen-bond acceptors (Lipinski definition) is 3. The fourth-order valence-electron chi connectivity index (χ4n) is 1.82. The van der Waals surface area contributed by atoms with E-state index in [4.69, 9.17) is 21.4 Å². The van der Waals surface area contributed by atoms with Crippen LogP contribution >= 0.6 is 11.6 Å². The maximum Gasteiger partial charge on any atom is 0.341 e. The van der Waals surface area contributed by atoms with Gasteiger partial charge in [0.2, 0.25) is 0 Å². The fraction of sp³-hybridized carbons (Fsp3) is 0.125. The van der Waals surface area contributed by atoms with Gasteiger partial charge in [0.15, 0.2) is 6.61 Å². The minimum Gasteiger partial charge on any atom is -0.481 e. The highest BCUT2D eigenvalue weighted by molar-refractivity contribution is 6.30. The first kappa shape index (κ1) is 15.9. The van der Waals surface area contributed by atoms with Gasteiger partial charge in [0.25, 0.3) is 5.91 Å². The van der Waals surface area contributed by atoms with Gasteiger partial charge in [-0.2, -0.15) is 0 Å². The van der Waals surface area contributed by atoms with Crippen LogP contribution in [0.4, 0.5) is 5.69 Å². The highest BCUT2D eigenvalue weighted by atomic mass is 35.5. The van der Waals surface area contributed by atoms with Gasteiger partial charge in [-0.15, -0.1) is 0 Å². The van der Waals surface area contributed by atoms with E-state index >= 15 is 0 Å². The Kier molecular flexibility index (Phi) is 5.01. The van der Waals surface area contributed by atoms with E-state index in [1.807, 2.05) is 6.92 Å². The number of carboxylic acid groups (broad SMARTS) is 1. The molecule has 2 aromatic rings. The summed E-state index contributed by atoms with van der Waals surface area (Å²) in [6.45, 7) is 1.32. The lowest BCUT2D eigenvalue weighted by Gasteiger charge is -2.11. The maximum atomic E-state index is 12.3. The zero-order valence-electron chi connectivity index (χ0n) is 11.8. The molecule has 22 heavy (non-hydrogen) atoms. The number of halogens is 1. The van der Waals surface area contributed by atoms with Gasteiger partial charge in [0, 0.05) is 10.7 Å². The molecule has 0 aliphatic carbocycles. The lowest BCUT2D eigenvalue weighted by molar-refractivity contribution is -0.139. The summed E-state index contributed by atoms with van der Waals surface area (Å²) >= 11 is 5.79. The van der Waals surface area contributed by atoms with E-state index in [-0.39, 0.29) is 17.2 Å². The summed E-state index contributed by atoms with van der Waals surface area (Å²) in [5.74, 6) is -1.27. The van der Waals surface area contributed by atoms with Crippen LogP contribution in [-0.4, -0.2) is 23.6 Å². The van der Waals surface area contributed by atoms with Crippen molar-refractivity contribution in [2.45, 2.75) is 6.92 Å². The Morgan fingerprint density at radius 2 is 1.86 bits per heavy atom. The normalized spacial score (nSPS) is 10.1. The zero-order valence-corrected chi connectivity index (χ0v) is 12.6. The second-order valence-corrected chi connectivity index (χ2v) is 5.08. The predicted octanol–water partition coefficient (Wildman–Crippen LogP) is 3.36. The molecule has 2 N–H and O–H groups in total. The standard InChI is InChI=1S/C16H14ClNO4/c1-10-2-7-14(22-9-15(19)20)13(8-10)16(21)18-12-5-3-11(17)4-6-12/h2-8H,9H2,1H3,(H,18,21)(H,19,20). The molecular formula is C16H14ClNO4. The average Bonchev–Trinajstić information content (AvgIpc) is 2.48. The second-order valence-electron chi connectivity index (χ2n) is 4.64. The maximum absolute atomic E-state index is 12.3. The quantitative estimate of drug-likeness (QED) is 0.886. The molecule has 0 bridgehead atoms. The Morgan fingerprint density at radius 3 is 2.50 bits per heavy atom. The number of nitrogens with one attached hydrogen (secondary N) is 1. The number of carbonyl (C=O) groups is 2. The molecule has 0 heterocycles. The van der Waals surface area contributed by atoms with Gasteiger partial charge in [0.05, 0.1) is 5.56 Å². The lowest BCUT2D eigenvalue weighted by Crippen LogP contribution is -2.16. The van der Waals surface area contributed by atoms with Crippen molar-refractivity contribution < 1.29 is 19.4 Å². The molecule has 6 heteroatoms. The minimum atomic E-state index is -1.11. The molecular weight excluding hydrogens is 306 g/mol. The van der Waals surface area contributed by atoms with Crippen LogP contribution in [0.1, 0.15) is 15.9 Å². The summed E-state index contributed by atoms with van der Waals surface area (Å²) in [5.41, 5.74) is 1.72. The van der Waals surface area contributed by atoms with E-state index in [1.54, 1.807) is 42.5 Å². The summed E-state index contributed by atoms with van der Waals surface area (Å²) in [5, 5.41) is 12.0. The van der Waals surface area contributed by atoms with E-state index < -0.39 is 12.6 Å². The summed E-state index contributed by atoms with van der Waals surface area (Å²) < 4.78 is 5.15. The van der Waals surface area contributed by atoms with Crippen molar-refractivity contribution in [3.05, 3.63) is 58.6 Å². The third-order valence-electron chi connectivity index (χ3n) is 2.83. The SMILES string of the molecule is Cc1ccc(OCC(=O)O)c(C(=O)Nc2ccc(Cl)cc2)c1. The molecule has 0 aliphatic heterocycles. The van der Waals surface area contributed by atoms with Gasteiger partial charge in [-0.1, -0.05) is 23.2 Å². The second kappa shape index (κ2) is 6.95. The number of rotatable bonds is 5. The van der Waals surface area contributed by atoms with Crippen LogP contribution in [0.25, 0.3) is 0 Å². The Morgan fingerprint density at radius 1 is 1.18 bits per heavy atom. The lowest BCUT2D eigenvalue weighted by atomic mass is 10.1. The molecule has 0 aliphatic rings. The van der Waals surface area contributed by atoms with E-state index in [9.17, 15) is 9.59 Å². The Bertz CT molecular complexity index is 698. The van der Waals surface area contributed by atoms with Crippen molar-refractivity contribution in [1.29, 1.82) is 0 Å². The van der Waals surface area contributed by atoms with Crippen molar-refractivity contribution in [3.63, 3.8) is 0 Å². The van der Waals surface area contributed by atoms with E-state index in [0.717, 1.165) is 5.56 Å². The number of ether oxygens (including phenoxy) is 1. The third-order valence-corrected chi connectivity index (χ3v) is 3.08. The molecule has 0 aromatic heterocycles. The van der Waals surface area contributed by atoms with Gasteiger partial charge in [-0.05, 0) is 43.3 Å². The van der Waals surface area contributed by atoms with Crippen molar-refractivity contribution in [2.75, 3.05) is 11.9 Å². The number of anilines is 1. The summed E-state index contributed by atoms with van der Waals surface area (Å²) in [6, 6.07) is 11.6. The predicted molar refractivity (Wildman–Crippen MR) is 83.7 cm³/mol. The van der Waals surface area contributed by atoms with Gasteiger partial charge < -0.3 is 15.2 Å². The smallest absolute Gasteiger partial charge is 0.341 e. The topological polar surface area (TPSA) is 75.6 Å². The molecule has 0 saturated heterocycles. The van der Waals surface area contributed by atoms with Crippen LogP contribution in [-0.2, 0) is 4.79 Å². The first-order chi connectivity index (χ1) is 10.5. The Labute approximate surface area is 132 Å². The Balaban J connectivity index is 2.21. The number of carbonyl (C=O) groups excluding carboxylic acids is 1. The van der Waals surface area contributed by atoms with E-state index in [0.29, 0.717) is 10.7 Å². The minimum absolute atomic E-state index is 0.222. The highest BCUT2D eigenvalue weighted by Crippen LogP contribution is 2.22. The monoisotopic (exact) mass is 319 g/mol. The number of amides is 1. The first-order valence-electron chi connectivity index (χ1n) is 6.48. The van der Waals surface area contributed by atoms with E-state index in [1.165, 1.54) is 0 Å². The summed E-state index contributed by atoms with van der Waals surface area (Å²) in [4.78, 5) is 23.0. The van der Waals surface area contributed by atoms with Crippen LogP contribution in [0, 0.1) is 6.92 Å². The highest BCUT2D eigenvalue weighted by Gasteiger charge is 2.14. The van der Waals surface area contributed by atoms with Gasteiger partial charge in [-0.3, -0.25) is 4.79 Å². The number of aliphatic carboxylic acids is 1.